The number of carbonyl (C=O) groups excluding carboxylic acids is 1. The molecule has 114 valence electrons. The van der Waals surface area contributed by atoms with Crippen LogP contribution in [-0.4, -0.2) is 51.9 Å². The number of rotatable bonds is 3. The molecular weight excluding hydrogens is 280 g/mol. The van der Waals surface area contributed by atoms with Crippen LogP contribution >= 0.6 is 0 Å². The van der Waals surface area contributed by atoms with Gasteiger partial charge in [0.2, 0.25) is 5.91 Å². The van der Waals surface area contributed by atoms with E-state index in [0.717, 1.165) is 36.2 Å². The van der Waals surface area contributed by atoms with Gasteiger partial charge in [0.25, 0.3) is 0 Å². The van der Waals surface area contributed by atoms with Gasteiger partial charge in [-0.05, 0) is 18.9 Å². The van der Waals surface area contributed by atoms with Gasteiger partial charge in [0.15, 0.2) is 0 Å². The standard InChI is InChI=1S/C15H18N6O/c1-20(15-12-5-7-17-14(12)18-10-19-15)11-3-2-8-21(9-11)13(22)4-6-16/h5,7,10-11H,2-4,8-9H2,1H3,(H,17,18,19)/t11-/m1/s1. The predicted octanol–water partition coefficient (Wildman–Crippen LogP) is 1.30. The van der Waals surface area contributed by atoms with Crippen LogP contribution in [-0.2, 0) is 4.79 Å². The number of amides is 1. The second-order valence-electron chi connectivity index (χ2n) is 5.52. The zero-order valence-corrected chi connectivity index (χ0v) is 12.5. The largest absolute Gasteiger partial charge is 0.354 e. The van der Waals surface area contributed by atoms with E-state index in [-0.39, 0.29) is 18.4 Å². The Morgan fingerprint density at radius 2 is 2.45 bits per heavy atom. The molecule has 1 N–H and O–H groups in total. The van der Waals surface area contributed by atoms with Crippen LogP contribution in [0, 0.1) is 11.3 Å². The minimum Gasteiger partial charge on any atom is -0.354 e. The Balaban J connectivity index is 1.80. The first-order valence-corrected chi connectivity index (χ1v) is 7.36. The van der Waals surface area contributed by atoms with Gasteiger partial charge in [-0.2, -0.15) is 5.26 Å². The van der Waals surface area contributed by atoms with Crippen LogP contribution in [0.5, 0.6) is 0 Å². The number of nitrogens with zero attached hydrogens (tertiary/aromatic N) is 5. The van der Waals surface area contributed by atoms with Crippen molar-refractivity contribution in [2.75, 3.05) is 25.0 Å². The number of hydrogen-bond donors (Lipinski definition) is 1. The minimum atomic E-state index is -0.0879. The molecule has 1 aliphatic heterocycles. The minimum absolute atomic E-state index is 0.0496. The van der Waals surface area contributed by atoms with Crippen LogP contribution in [0.3, 0.4) is 0 Å². The number of piperidine rings is 1. The first-order chi connectivity index (χ1) is 10.7. The van der Waals surface area contributed by atoms with E-state index in [1.165, 1.54) is 0 Å². The number of nitrogens with one attached hydrogen (secondary N) is 1. The summed E-state index contributed by atoms with van der Waals surface area (Å²) in [4.78, 5) is 27.5. The smallest absolute Gasteiger partial charge is 0.236 e. The number of hydrogen-bond acceptors (Lipinski definition) is 5. The Labute approximate surface area is 128 Å². The molecule has 1 saturated heterocycles. The van der Waals surface area contributed by atoms with Crippen molar-refractivity contribution >= 4 is 22.8 Å². The van der Waals surface area contributed by atoms with Crippen LogP contribution in [0.15, 0.2) is 18.6 Å². The third-order valence-electron chi connectivity index (χ3n) is 4.19. The molecular formula is C15H18N6O. The van der Waals surface area contributed by atoms with Crippen LogP contribution in [0.25, 0.3) is 11.0 Å². The fourth-order valence-corrected chi connectivity index (χ4v) is 2.99. The van der Waals surface area contributed by atoms with Crippen molar-refractivity contribution in [2.24, 2.45) is 0 Å². The molecule has 7 heteroatoms. The molecule has 1 aliphatic rings. The number of aromatic nitrogens is 3. The monoisotopic (exact) mass is 298 g/mol. The molecule has 1 atom stereocenters. The number of likely N-dealkylation sites (N-methyl/N-ethyl adjacent to an activating group) is 1. The van der Waals surface area contributed by atoms with Crippen molar-refractivity contribution in [1.82, 2.24) is 19.9 Å². The molecule has 0 bridgehead atoms. The average molecular weight is 298 g/mol. The molecule has 3 rings (SSSR count). The van der Waals surface area contributed by atoms with E-state index in [2.05, 4.69) is 19.9 Å². The van der Waals surface area contributed by atoms with E-state index < -0.39 is 0 Å². The van der Waals surface area contributed by atoms with Crippen molar-refractivity contribution in [3.63, 3.8) is 0 Å². The Kier molecular flexibility index (Phi) is 3.92. The van der Waals surface area contributed by atoms with Crippen LogP contribution in [0.4, 0.5) is 5.82 Å². The summed E-state index contributed by atoms with van der Waals surface area (Å²) in [6.07, 6.45) is 5.29. The van der Waals surface area contributed by atoms with E-state index in [9.17, 15) is 4.79 Å². The predicted molar refractivity (Wildman–Crippen MR) is 82.1 cm³/mol. The zero-order valence-electron chi connectivity index (χ0n) is 12.5. The number of carbonyl (C=O) groups is 1. The van der Waals surface area contributed by atoms with Gasteiger partial charge >= 0.3 is 0 Å². The van der Waals surface area contributed by atoms with Gasteiger partial charge in [0.05, 0.1) is 11.5 Å². The molecule has 2 aromatic heterocycles. The summed E-state index contributed by atoms with van der Waals surface area (Å²) in [5.74, 6) is 0.779. The van der Waals surface area contributed by atoms with Gasteiger partial charge in [0, 0.05) is 32.4 Å². The third kappa shape index (κ3) is 2.60. The lowest BCUT2D eigenvalue weighted by Gasteiger charge is -2.38. The molecule has 22 heavy (non-hydrogen) atoms. The van der Waals surface area contributed by atoms with Crippen LogP contribution in [0.2, 0.25) is 0 Å². The third-order valence-corrected chi connectivity index (χ3v) is 4.19. The maximum atomic E-state index is 11.9. The number of H-pyrrole nitrogens is 1. The molecule has 0 radical (unpaired) electrons. The Bertz CT molecular complexity index is 718. The summed E-state index contributed by atoms with van der Waals surface area (Å²) in [5, 5.41) is 9.66. The normalized spacial score (nSPS) is 18.2. The van der Waals surface area contributed by atoms with Crippen molar-refractivity contribution < 1.29 is 4.79 Å². The van der Waals surface area contributed by atoms with Gasteiger partial charge in [-0.3, -0.25) is 4.79 Å². The Morgan fingerprint density at radius 1 is 1.59 bits per heavy atom. The lowest BCUT2D eigenvalue weighted by Crippen LogP contribution is -2.49. The van der Waals surface area contributed by atoms with Gasteiger partial charge < -0.3 is 14.8 Å². The van der Waals surface area contributed by atoms with E-state index in [1.54, 1.807) is 11.2 Å². The van der Waals surface area contributed by atoms with Crippen molar-refractivity contribution in [1.29, 1.82) is 5.26 Å². The Hall–Kier alpha value is -2.62. The molecule has 0 spiro atoms. The van der Waals surface area contributed by atoms with Crippen molar-refractivity contribution in [3.05, 3.63) is 18.6 Å². The lowest BCUT2D eigenvalue weighted by molar-refractivity contribution is -0.131. The molecule has 1 amide bonds. The first kappa shape index (κ1) is 14.3. The van der Waals surface area contributed by atoms with Crippen molar-refractivity contribution in [2.45, 2.75) is 25.3 Å². The number of aromatic amines is 1. The zero-order chi connectivity index (χ0) is 15.5. The molecule has 0 aliphatic carbocycles. The molecule has 2 aromatic rings. The fourth-order valence-electron chi connectivity index (χ4n) is 2.99. The topological polar surface area (TPSA) is 88.9 Å². The average Bonchev–Trinajstić information content (AvgIpc) is 3.03. The van der Waals surface area contributed by atoms with Gasteiger partial charge in [-0.1, -0.05) is 0 Å². The van der Waals surface area contributed by atoms with Crippen molar-refractivity contribution in [3.8, 4) is 6.07 Å². The maximum Gasteiger partial charge on any atom is 0.236 e. The second kappa shape index (κ2) is 6.02. The highest BCUT2D eigenvalue weighted by atomic mass is 16.2. The molecule has 0 unspecified atom stereocenters. The summed E-state index contributed by atoms with van der Waals surface area (Å²) in [7, 11) is 2.00. The first-order valence-electron chi connectivity index (χ1n) is 7.36. The fraction of sp³-hybridized carbons (Fsp3) is 0.467. The summed E-state index contributed by atoms with van der Waals surface area (Å²) in [6, 6.07) is 4.09. The lowest BCUT2D eigenvalue weighted by atomic mass is 10.0. The summed E-state index contributed by atoms with van der Waals surface area (Å²) in [5.41, 5.74) is 0.810. The number of nitriles is 1. The number of fused-ring (bicyclic) bond motifs is 1. The highest BCUT2D eigenvalue weighted by Crippen LogP contribution is 2.25. The maximum absolute atomic E-state index is 11.9. The quantitative estimate of drug-likeness (QED) is 0.922. The van der Waals surface area contributed by atoms with Crippen LogP contribution < -0.4 is 4.90 Å². The molecule has 0 aromatic carbocycles. The molecule has 3 heterocycles. The van der Waals surface area contributed by atoms with E-state index in [4.69, 9.17) is 5.26 Å². The summed E-state index contributed by atoms with van der Waals surface area (Å²) >= 11 is 0. The van der Waals surface area contributed by atoms with E-state index in [0.29, 0.717) is 6.54 Å². The van der Waals surface area contributed by atoms with E-state index in [1.807, 2.05) is 25.4 Å². The summed E-state index contributed by atoms with van der Waals surface area (Å²) < 4.78 is 0. The SMILES string of the molecule is CN(c1ncnc2[nH]ccc12)[C@@H]1CCCN(C(=O)CC#N)C1. The molecule has 1 fully saturated rings. The van der Waals surface area contributed by atoms with Gasteiger partial charge in [-0.25, -0.2) is 9.97 Å². The highest BCUT2D eigenvalue weighted by molar-refractivity contribution is 5.87. The molecule has 7 nitrogen and oxygen atoms in total. The van der Waals surface area contributed by atoms with Crippen LogP contribution in [0.1, 0.15) is 19.3 Å². The van der Waals surface area contributed by atoms with Gasteiger partial charge in [0.1, 0.15) is 24.2 Å². The highest BCUT2D eigenvalue weighted by Gasteiger charge is 2.27. The number of anilines is 1. The number of likely N-dealkylation sites (tertiary alicyclic amines) is 1. The second-order valence-corrected chi connectivity index (χ2v) is 5.52. The van der Waals surface area contributed by atoms with E-state index >= 15 is 0 Å². The summed E-state index contributed by atoms with van der Waals surface area (Å²) in [6.45, 7) is 1.36. The molecule has 0 saturated carbocycles. The van der Waals surface area contributed by atoms with Gasteiger partial charge in [-0.15, -0.1) is 0 Å². The Morgan fingerprint density at radius 3 is 3.27 bits per heavy atom.